The van der Waals surface area contributed by atoms with Gasteiger partial charge in [0.2, 0.25) is 0 Å². The molecule has 0 aromatic carbocycles. The van der Waals surface area contributed by atoms with E-state index in [-0.39, 0.29) is 5.56 Å². The van der Waals surface area contributed by atoms with Gasteiger partial charge in [-0.05, 0) is 19.9 Å². The van der Waals surface area contributed by atoms with Crippen LogP contribution in [0.25, 0.3) is 0 Å². The average Bonchev–Trinajstić information content (AvgIpc) is 2.38. The summed E-state index contributed by atoms with van der Waals surface area (Å²) in [4.78, 5) is 19.8. The maximum atomic E-state index is 11.3. The van der Waals surface area contributed by atoms with Crippen LogP contribution in [-0.4, -0.2) is 53.2 Å². The Balaban J connectivity index is 2.17. The largest absolute Gasteiger partial charge is 0.478 e. The van der Waals surface area contributed by atoms with Crippen molar-refractivity contribution >= 4 is 17.5 Å². The highest BCUT2D eigenvalue weighted by atomic mass is 16.4. The number of anilines is 2. The molecule has 3 N–H and O–H groups in total. The van der Waals surface area contributed by atoms with E-state index in [0.717, 1.165) is 26.2 Å². The Kier molecular flexibility index (Phi) is 3.90. The van der Waals surface area contributed by atoms with Crippen molar-refractivity contribution in [3.63, 3.8) is 0 Å². The first-order chi connectivity index (χ1) is 8.99. The normalized spacial score (nSPS) is 16.9. The summed E-state index contributed by atoms with van der Waals surface area (Å²) in [6.07, 6.45) is 1.51. The number of aromatic carboxylic acids is 1. The van der Waals surface area contributed by atoms with Crippen LogP contribution in [0.5, 0.6) is 0 Å². The van der Waals surface area contributed by atoms with Crippen LogP contribution in [0, 0.1) is 0 Å². The SMILES string of the molecule is CC(C)N1CCN(c2ncc(N)cc2C(=O)O)CC1. The summed E-state index contributed by atoms with van der Waals surface area (Å²) in [7, 11) is 0. The van der Waals surface area contributed by atoms with Crippen LogP contribution in [0.1, 0.15) is 24.2 Å². The molecule has 6 nitrogen and oxygen atoms in total. The van der Waals surface area contributed by atoms with Crippen LogP contribution in [-0.2, 0) is 0 Å². The van der Waals surface area contributed by atoms with E-state index in [1.165, 1.54) is 12.3 Å². The van der Waals surface area contributed by atoms with Gasteiger partial charge in [0.1, 0.15) is 11.4 Å². The Hall–Kier alpha value is -1.82. The van der Waals surface area contributed by atoms with Gasteiger partial charge in [-0.1, -0.05) is 0 Å². The maximum Gasteiger partial charge on any atom is 0.339 e. The lowest BCUT2D eigenvalue weighted by atomic mass is 10.2. The van der Waals surface area contributed by atoms with E-state index in [0.29, 0.717) is 17.5 Å². The molecule has 1 aliphatic heterocycles. The Morgan fingerprint density at radius 2 is 2.00 bits per heavy atom. The van der Waals surface area contributed by atoms with Crippen LogP contribution < -0.4 is 10.6 Å². The van der Waals surface area contributed by atoms with Gasteiger partial charge in [0, 0.05) is 32.2 Å². The van der Waals surface area contributed by atoms with Crippen molar-refractivity contribution in [2.75, 3.05) is 36.8 Å². The van der Waals surface area contributed by atoms with E-state index in [9.17, 15) is 9.90 Å². The van der Waals surface area contributed by atoms with Gasteiger partial charge in [-0.2, -0.15) is 0 Å². The lowest BCUT2D eigenvalue weighted by Gasteiger charge is -2.37. The van der Waals surface area contributed by atoms with E-state index < -0.39 is 5.97 Å². The highest BCUT2D eigenvalue weighted by molar-refractivity contribution is 5.94. The predicted molar refractivity (Wildman–Crippen MR) is 74.5 cm³/mol. The second kappa shape index (κ2) is 5.44. The number of carbonyl (C=O) groups is 1. The molecule has 104 valence electrons. The molecule has 0 radical (unpaired) electrons. The third kappa shape index (κ3) is 2.96. The smallest absolute Gasteiger partial charge is 0.339 e. The quantitative estimate of drug-likeness (QED) is 0.843. The Bertz CT molecular complexity index is 468. The zero-order valence-corrected chi connectivity index (χ0v) is 11.3. The molecule has 1 fully saturated rings. The first-order valence-electron chi connectivity index (χ1n) is 6.47. The van der Waals surface area contributed by atoms with Gasteiger partial charge >= 0.3 is 5.97 Å². The monoisotopic (exact) mass is 264 g/mol. The molecule has 0 saturated carbocycles. The summed E-state index contributed by atoms with van der Waals surface area (Å²) in [6.45, 7) is 7.75. The van der Waals surface area contributed by atoms with E-state index in [1.807, 2.05) is 4.90 Å². The number of carboxylic acids is 1. The summed E-state index contributed by atoms with van der Waals surface area (Å²) in [6, 6.07) is 1.99. The number of nitrogen functional groups attached to an aromatic ring is 1. The number of hydrogen-bond donors (Lipinski definition) is 2. The number of nitrogens with zero attached hydrogens (tertiary/aromatic N) is 3. The average molecular weight is 264 g/mol. The lowest BCUT2D eigenvalue weighted by molar-refractivity contribution is 0.0697. The van der Waals surface area contributed by atoms with Crippen molar-refractivity contribution in [2.24, 2.45) is 0 Å². The van der Waals surface area contributed by atoms with Crippen LogP contribution >= 0.6 is 0 Å². The molecule has 1 aromatic rings. The fraction of sp³-hybridized carbons (Fsp3) is 0.538. The minimum absolute atomic E-state index is 0.179. The van der Waals surface area contributed by atoms with Crippen molar-refractivity contribution < 1.29 is 9.90 Å². The maximum absolute atomic E-state index is 11.3. The topological polar surface area (TPSA) is 82.7 Å². The lowest BCUT2D eigenvalue weighted by Crippen LogP contribution is -2.49. The molecule has 6 heteroatoms. The molecule has 0 bridgehead atoms. The fourth-order valence-corrected chi connectivity index (χ4v) is 2.33. The number of pyridine rings is 1. The highest BCUT2D eigenvalue weighted by Gasteiger charge is 2.23. The second-order valence-corrected chi connectivity index (χ2v) is 5.06. The zero-order chi connectivity index (χ0) is 14.0. The van der Waals surface area contributed by atoms with E-state index >= 15 is 0 Å². The van der Waals surface area contributed by atoms with Gasteiger partial charge in [-0.25, -0.2) is 9.78 Å². The van der Waals surface area contributed by atoms with E-state index in [2.05, 4.69) is 23.7 Å². The molecule has 0 amide bonds. The van der Waals surface area contributed by atoms with Crippen LogP contribution in [0.2, 0.25) is 0 Å². The number of aromatic nitrogens is 1. The Morgan fingerprint density at radius 3 is 2.53 bits per heavy atom. The van der Waals surface area contributed by atoms with Gasteiger partial charge in [0.25, 0.3) is 0 Å². The Morgan fingerprint density at radius 1 is 1.37 bits per heavy atom. The standard InChI is InChI=1S/C13H20N4O2/c1-9(2)16-3-5-17(6-4-16)12-11(13(18)19)7-10(14)8-15-12/h7-9H,3-6,14H2,1-2H3,(H,18,19). The molecule has 19 heavy (non-hydrogen) atoms. The van der Waals surface area contributed by atoms with Crippen LogP contribution in [0.3, 0.4) is 0 Å². The number of carboxylic acid groups (broad SMARTS) is 1. The molecule has 0 unspecified atom stereocenters. The third-order valence-corrected chi connectivity index (χ3v) is 3.46. The van der Waals surface area contributed by atoms with Gasteiger partial charge in [-0.3, -0.25) is 4.90 Å². The molecule has 2 heterocycles. The van der Waals surface area contributed by atoms with Gasteiger partial charge in [0.05, 0.1) is 11.9 Å². The fourth-order valence-electron chi connectivity index (χ4n) is 2.33. The summed E-state index contributed by atoms with van der Waals surface area (Å²) in [5.41, 5.74) is 6.16. The van der Waals surface area contributed by atoms with Crippen molar-refractivity contribution in [1.29, 1.82) is 0 Å². The van der Waals surface area contributed by atoms with Gasteiger partial charge in [0.15, 0.2) is 0 Å². The van der Waals surface area contributed by atoms with Crippen molar-refractivity contribution in [2.45, 2.75) is 19.9 Å². The number of hydrogen-bond acceptors (Lipinski definition) is 5. The molecule has 0 atom stereocenters. The number of rotatable bonds is 3. The zero-order valence-electron chi connectivity index (χ0n) is 11.3. The second-order valence-electron chi connectivity index (χ2n) is 5.06. The van der Waals surface area contributed by atoms with Crippen molar-refractivity contribution in [1.82, 2.24) is 9.88 Å². The van der Waals surface area contributed by atoms with Crippen LogP contribution in [0.4, 0.5) is 11.5 Å². The summed E-state index contributed by atoms with van der Waals surface area (Å²) in [5, 5.41) is 9.23. The summed E-state index contributed by atoms with van der Waals surface area (Å²) in [5.74, 6) is -0.466. The first kappa shape index (κ1) is 13.6. The van der Waals surface area contributed by atoms with Gasteiger partial charge < -0.3 is 15.7 Å². The third-order valence-electron chi connectivity index (χ3n) is 3.46. The molecular formula is C13H20N4O2. The van der Waals surface area contributed by atoms with Crippen LogP contribution in [0.15, 0.2) is 12.3 Å². The van der Waals surface area contributed by atoms with E-state index in [1.54, 1.807) is 0 Å². The van der Waals surface area contributed by atoms with E-state index in [4.69, 9.17) is 5.73 Å². The van der Waals surface area contributed by atoms with Gasteiger partial charge in [-0.15, -0.1) is 0 Å². The Labute approximate surface area is 112 Å². The molecule has 1 aliphatic rings. The highest BCUT2D eigenvalue weighted by Crippen LogP contribution is 2.21. The minimum Gasteiger partial charge on any atom is -0.478 e. The molecule has 1 aromatic heterocycles. The molecule has 2 rings (SSSR count). The molecule has 1 saturated heterocycles. The number of piperazine rings is 1. The summed E-state index contributed by atoms with van der Waals surface area (Å²) >= 11 is 0. The van der Waals surface area contributed by atoms with Crippen molar-refractivity contribution in [3.05, 3.63) is 17.8 Å². The molecular weight excluding hydrogens is 244 g/mol. The minimum atomic E-state index is -0.985. The van der Waals surface area contributed by atoms with Crippen molar-refractivity contribution in [3.8, 4) is 0 Å². The number of nitrogens with two attached hydrogens (primary N) is 1. The summed E-state index contributed by atoms with van der Waals surface area (Å²) < 4.78 is 0. The first-order valence-corrected chi connectivity index (χ1v) is 6.47. The molecule has 0 aliphatic carbocycles. The predicted octanol–water partition coefficient (Wildman–Crippen LogP) is 0.892. The molecule has 0 spiro atoms.